The Morgan fingerprint density at radius 1 is 1.26 bits per heavy atom. The van der Waals surface area contributed by atoms with Crippen LogP contribution in [0.5, 0.6) is 5.75 Å². The number of methoxy groups -OCH3 is 1. The Bertz CT molecular complexity index is 1660. The lowest BCUT2D eigenvalue weighted by Gasteiger charge is -2.29. The lowest BCUT2D eigenvalue weighted by atomic mass is 9.86. The van der Waals surface area contributed by atoms with Crippen molar-refractivity contribution >= 4 is 17.0 Å². The molecule has 0 fully saturated rings. The third kappa shape index (κ3) is 4.60. The van der Waals surface area contributed by atoms with Crippen molar-refractivity contribution < 1.29 is 27.8 Å². The number of aryl methyl sites for hydroxylation is 2. The van der Waals surface area contributed by atoms with E-state index in [2.05, 4.69) is 10.2 Å². The van der Waals surface area contributed by atoms with E-state index in [0.717, 1.165) is 17.5 Å². The Balaban J connectivity index is 1.91. The van der Waals surface area contributed by atoms with E-state index in [0.29, 0.717) is 52.1 Å². The molecular weight excluding hydrogens is 507 g/mol. The quantitative estimate of drug-likeness (QED) is 0.363. The van der Waals surface area contributed by atoms with E-state index >= 15 is 4.39 Å². The summed E-state index contributed by atoms with van der Waals surface area (Å²) in [5.74, 6) is -1.46. The molecule has 0 saturated carbocycles. The molecule has 1 atom stereocenters. The first kappa shape index (κ1) is 26.6. The second-order valence-electron chi connectivity index (χ2n) is 10.7. The van der Waals surface area contributed by atoms with Crippen LogP contribution in [-0.4, -0.2) is 45.0 Å². The third-order valence-electron chi connectivity index (χ3n) is 6.91. The van der Waals surface area contributed by atoms with Gasteiger partial charge in [0.05, 0.1) is 19.3 Å². The molecule has 1 aliphatic heterocycles. The van der Waals surface area contributed by atoms with Crippen LogP contribution in [0.15, 0.2) is 21.3 Å². The van der Waals surface area contributed by atoms with E-state index in [-0.39, 0.29) is 11.6 Å². The van der Waals surface area contributed by atoms with Crippen molar-refractivity contribution in [3.8, 4) is 28.5 Å². The number of esters is 1. The van der Waals surface area contributed by atoms with Crippen molar-refractivity contribution in [3.63, 3.8) is 0 Å². The van der Waals surface area contributed by atoms with Crippen LogP contribution in [-0.2, 0) is 27.7 Å². The number of nitrogens with zero attached hydrogens (tertiary/aromatic N) is 3. The van der Waals surface area contributed by atoms with Crippen molar-refractivity contribution in [1.82, 2.24) is 19.7 Å². The summed E-state index contributed by atoms with van der Waals surface area (Å²) >= 11 is 0. The van der Waals surface area contributed by atoms with Gasteiger partial charge in [-0.25, -0.2) is 24.1 Å². The van der Waals surface area contributed by atoms with E-state index in [1.807, 2.05) is 27.7 Å². The lowest BCUT2D eigenvalue weighted by molar-refractivity contribution is -0.164. The predicted octanol–water partition coefficient (Wildman–Crippen LogP) is 4.69. The second kappa shape index (κ2) is 9.64. The number of ether oxygens (including phenoxy) is 3. The minimum atomic E-state index is -1.15. The summed E-state index contributed by atoms with van der Waals surface area (Å²) < 4.78 is 39.6. The van der Waals surface area contributed by atoms with Crippen molar-refractivity contribution in [1.29, 1.82) is 0 Å². The Morgan fingerprint density at radius 3 is 2.64 bits per heavy atom. The number of hydrogen-bond donors (Lipinski definition) is 1. The number of rotatable bonds is 5. The molecule has 39 heavy (non-hydrogen) atoms. The van der Waals surface area contributed by atoms with Crippen LogP contribution in [0.2, 0.25) is 0 Å². The molecule has 4 heterocycles. The number of benzene rings is 1. The van der Waals surface area contributed by atoms with E-state index in [1.165, 1.54) is 13.2 Å². The van der Waals surface area contributed by atoms with Gasteiger partial charge in [0, 0.05) is 34.8 Å². The maximum Gasteiger partial charge on any atom is 0.434 e. The fraction of sp³-hybridized carbons (Fsp3) is 0.429. The summed E-state index contributed by atoms with van der Waals surface area (Å²) in [5, 5.41) is 6.85. The molecule has 0 bridgehead atoms. The Kier molecular flexibility index (Phi) is 6.58. The van der Waals surface area contributed by atoms with Crippen molar-refractivity contribution in [2.75, 3.05) is 13.7 Å². The van der Waals surface area contributed by atoms with Crippen LogP contribution < -0.4 is 10.5 Å². The van der Waals surface area contributed by atoms with Gasteiger partial charge in [-0.15, -0.1) is 5.10 Å². The summed E-state index contributed by atoms with van der Waals surface area (Å²) in [5.41, 5.74) is 4.00. The highest BCUT2D eigenvalue weighted by Crippen LogP contribution is 2.45. The molecule has 3 aromatic heterocycles. The van der Waals surface area contributed by atoms with Gasteiger partial charge < -0.3 is 23.2 Å². The summed E-state index contributed by atoms with van der Waals surface area (Å²) in [7, 11) is 3.06. The summed E-state index contributed by atoms with van der Waals surface area (Å²) in [6, 6.07) is 3.20. The van der Waals surface area contributed by atoms with Gasteiger partial charge in [-0.05, 0) is 70.7 Å². The molecule has 0 aliphatic carbocycles. The number of hydrogen-bond acceptors (Lipinski definition) is 8. The van der Waals surface area contributed by atoms with Gasteiger partial charge in [-0.3, -0.25) is 0 Å². The molecule has 0 spiro atoms. The van der Waals surface area contributed by atoms with Crippen molar-refractivity contribution in [2.45, 2.75) is 59.2 Å². The average Bonchev–Trinajstić information content (AvgIpc) is 3.46. The standard InChI is InChI=1S/C28H31FN4O6/c1-13-15-9-8-10-37-22(15)18(29)11-16(13)21-17-12-19(25-31-32-27(35)38-25)33(6)24(17)30-14(2)20(21)23(26(34)36-7)39-28(3,4)5/h11-12,23H,8-10H2,1-7H3,(H,32,35). The molecule has 1 aliphatic rings. The Labute approximate surface area is 224 Å². The number of halogens is 1. The topological polar surface area (TPSA) is 121 Å². The molecule has 10 nitrogen and oxygen atoms in total. The first-order valence-corrected chi connectivity index (χ1v) is 12.7. The van der Waals surface area contributed by atoms with Gasteiger partial charge in [0.2, 0.25) is 0 Å². The summed E-state index contributed by atoms with van der Waals surface area (Å²) in [6.07, 6.45) is 0.273. The van der Waals surface area contributed by atoms with Gasteiger partial charge in [0.15, 0.2) is 17.7 Å². The van der Waals surface area contributed by atoms with Gasteiger partial charge in [0.25, 0.3) is 5.89 Å². The summed E-state index contributed by atoms with van der Waals surface area (Å²) in [4.78, 5) is 29.7. The first-order valence-electron chi connectivity index (χ1n) is 12.7. The predicted molar refractivity (Wildman–Crippen MR) is 141 cm³/mol. The highest BCUT2D eigenvalue weighted by Gasteiger charge is 2.35. The van der Waals surface area contributed by atoms with Gasteiger partial charge in [-0.2, -0.15) is 0 Å². The molecule has 1 aromatic carbocycles. The smallest absolute Gasteiger partial charge is 0.434 e. The monoisotopic (exact) mass is 538 g/mol. The Hall–Kier alpha value is -3.99. The molecule has 206 valence electrons. The zero-order chi connectivity index (χ0) is 28.2. The minimum absolute atomic E-state index is 0.0721. The molecule has 11 heteroatoms. The fourth-order valence-corrected chi connectivity index (χ4v) is 5.22. The van der Waals surface area contributed by atoms with Gasteiger partial charge in [-0.1, -0.05) is 0 Å². The Morgan fingerprint density at radius 2 is 2.00 bits per heavy atom. The largest absolute Gasteiger partial charge is 0.490 e. The summed E-state index contributed by atoms with van der Waals surface area (Å²) in [6.45, 7) is 9.66. The van der Waals surface area contributed by atoms with Crippen molar-refractivity contribution in [2.24, 2.45) is 7.05 Å². The lowest BCUT2D eigenvalue weighted by Crippen LogP contribution is -2.29. The average molecular weight is 539 g/mol. The minimum Gasteiger partial charge on any atom is -0.490 e. The number of carbonyl (C=O) groups excluding carboxylic acids is 1. The normalized spacial score (nSPS) is 14.3. The number of aromatic nitrogens is 4. The fourth-order valence-electron chi connectivity index (χ4n) is 5.22. The van der Waals surface area contributed by atoms with Crippen LogP contribution in [0.4, 0.5) is 4.39 Å². The maximum absolute atomic E-state index is 15.5. The first-order chi connectivity index (χ1) is 18.4. The molecular formula is C28H31FN4O6. The van der Waals surface area contributed by atoms with E-state index < -0.39 is 29.2 Å². The van der Waals surface area contributed by atoms with Crippen LogP contribution in [0.3, 0.4) is 0 Å². The van der Waals surface area contributed by atoms with Crippen molar-refractivity contribution in [3.05, 3.63) is 50.9 Å². The molecule has 4 aromatic rings. The number of H-pyrrole nitrogens is 1. The second-order valence-corrected chi connectivity index (χ2v) is 10.7. The zero-order valence-corrected chi connectivity index (χ0v) is 23.0. The number of pyridine rings is 1. The van der Waals surface area contributed by atoms with E-state index in [4.69, 9.17) is 23.6 Å². The number of aromatic amines is 1. The highest BCUT2D eigenvalue weighted by molar-refractivity contribution is 6.01. The molecule has 1 N–H and O–H groups in total. The van der Waals surface area contributed by atoms with Crippen LogP contribution in [0.25, 0.3) is 33.7 Å². The van der Waals surface area contributed by atoms with Gasteiger partial charge in [0.1, 0.15) is 11.3 Å². The number of carbonyl (C=O) groups is 1. The maximum atomic E-state index is 15.5. The third-order valence-corrected chi connectivity index (χ3v) is 6.91. The molecule has 5 rings (SSSR count). The van der Waals surface area contributed by atoms with Gasteiger partial charge >= 0.3 is 11.7 Å². The van der Waals surface area contributed by atoms with Crippen LogP contribution >= 0.6 is 0 Å². The zero-order valence-electron chi connectivity index (χ0n) is 23.0. The molecule has 0 radical (unpaired) electrons. The molecule has 1 unspecified atom stereocenters. The van der Waals surface area contributed by atoms with Crippen LogP contribution in [0.1, 0.15) is 55.7 Å². The number of nitrogens with one attached hydrogen (secondary N) is 1. The SMILES string of the molecule is COC(=O)C(OC(C)(C)C)c1c(C)nc2c(cc(-c3n[nH]c(=O)o3)n2C)c1-c1cc(F)c2c(c1C)CCCO2. The number of fused-ring (bicyclic) bond motifs is 2. The molecule has 0 amide bonds. The highest BCUT2D eigenvalue weighted by atomic mass is 19.1. The van der Waals surface area contributed by atoms with E-state index in [1.54, 1.807) is 24.6 Å². The molecule has 0 saturated heterocycles. The van der Waals surface area contributed by atoms with Crippen LogP contribution in [0, 0.1) is 19.7 Å². The van der Waals surface area contributed by atoms with E-state index in [9.17, 15) is 9.59 Å².